The molecule has 1 aromatic carbocycles. The van der Waals surface area contributed by atoms with E-state index in [2.05, 4.69) is 0 Å². The van der Waals surface area contributed by atoms with Crippen LogP contribution in [-0.2, 0) is 19.6 Å². The maximum Gasteiger partial charge on any atom is 0.338 e. The van der Waals surface area contributed by atoms with Crippen LogP contribution in [0.25, 0.3) is 0 Å². The third-order valence-corrected chi connectivity index (χ3v) is 6.88. The molecule has 0 aliphatic carbocycles. The molecule has 1 saturated heterocycles. The van der Waals surface area contributed by atoms with Crippen LogP contribution < -0.4 is 10.5 Å². The van der Waals surface area contributed by atoms with Crippen LogP contribution in [0.1, 0.15) is 43.5 Å². The Morgan fingerprint density at radius 3 is 2.60 bits per heavy atom. The normalized spacial score (nSPS) is 18.1. The van der Waals surface area contributed by atoms with Gasteiger partial charge < -0.3 is 15.2 Å². The molecule has 2 rings (SSSR count). The van der Waals surface area contributed by atoms with Crippen LogP contribution in [0, 0.1) is 11.3 Å². The standard InChI is InChI=1S/C20H25N3O6S/c1-13-6-4-5-9-23(13)30(26,27)19-10-15(7-8-18(19)28-3)20(25)29-12-17(24)16(11-21)14(2)22/h7-8,10,13H,4-6,9,12,22H2,1-3H3. The third-order valence-electron chi connectivity index (χ3n) is 4.85. The molecule has 30 heavy (non-hydrogen) atoms. The van der Waals surface area contributed by atoms with E-state index in [0.29, 0.717) is 6.54 Å². The Morgan fingerprint density at radius 2 is 2.03 bits per heavy atom. The summed E-state index contributed by atoms with van der Waals surface area (Å²) in [4.78, 5) is 24.2. The number of hydrogen-bond donors (Lipinski definition) is 1. The molecule has 1 atom stereocenters. The van der Waals surface area contributed by atoms with Crippen molar-refractivity contribution in [3.63, 3.8) is 0 Å². The number of nitrogens with zero attached hydrogens (tertiary/aromatic N) is 2. The largest absolute Gasteiger partial charge is 0.495 e. The monoisotopic (exact) mass is 435 g/mol. The van der Waals surface area contributed by atoms with E-state index in [1.165, 1.54) is 36.5 Å². The molecule has 1 aliphatic heterocycles. The zero-order valence-corrected chi connectivity index (χ0v) is 18.0. The van der Waals surface area contributed by atoms with Crippen LogP contribution in [0.3, 0.4) is 0 Å². The topological polar surface area (TPSA) is 140 Å². The van der Waals surface area contributed by atoms with Crippen molar-refractivity contribution in [2.75, 3.05) is 20.3 Å². The lowest BCUT2D eigenvalue weighted by molar-refractivity contribution is -0.118. The van der Waals surface area contributed by atoms with Gasteiger partial charge in [0, 0.05) is 18.3 Å². The molecule has 10 heteroatoms. The van der Waals surface area contributed by atoms with Crippen LogP contribution >= 0.6 is 0 Å². The number of Topliss-reactive ketones (excluding diaryl/α,β-unsaturated/α-hetero) is 1. The van der Waals surface area contributed by atoms with E-state index in [0.717, 1.165) is 19.3 Å². The van der Waals surface area contributed by atoms with E-state index < -0.39 is 28.4 Å². The number of ether oxygens (including phenoxy) is 2. The van der Waals surface area contributed by atoms with Gasteiger partial charge >= 0.3 is 5.97 Å². The first-order valence-corrected chi connectivity index (χ1v) is 10.8. The van der Waals surface area contributed by atoms with Gasteiger partial charge in [-0.05, 0) is 44.9 Å². The van der Waals surface area contributed by atoms with Crippen molar-refractivity contribution in [1.29, 1.82) is 5.26 Å². The maximum atomic E-state index is 13.2. The number of sulfonamides is 1. The summed E-state index contributed by atoms with van der Waals surface area (Å²) >= 11 is 0. The van der Waals surface area contributed by atoms with Gasteiger partial charge in [0.2, 0.25) is 15.8 Å². The highest BCUT2D eigenvalue weighted by molar-refractivity contribution is 7.89. The fourth-order valence-corrected chi connectivity index (χ4v) is 5.10. The Hall–Kier alpha value is -2.90. The van der Waals surface area contributed by atoms with Crippen molar-refractivity contribution in [3.05, 3.63) is 35.0 Å². The molecule has 9 nitrogen and oxygen atoms in total. The fourth-order valence-electron chi connectivity index (χ4n) is 3.22. The molecule has 0 spiro atoms. The molecule has 1 fully saturated rings. The Balaban J connectivity index is 2.29. The lowest BCUT2D eigenvalue weighted by Gasteiger charge is -2.32. The second-order valence-corrected chi connectivity index (χ2v) is 8.85. The first kappa shape index (κ1) is 23.4. The number of esters is 1. The number of carbonyl (C=O) groups is 2. The first-order valence-electron chi connectivity index (χ1n) is 9.40. The van der Waals surface area contributed by atoms with Crippen LogP contribution in [0.2, 0.25) is 0 Å². The van der Waals surface area contributed by atoms with E-state index >= 15 is 0 Å². The van der Waals surface area contributed by atoms with Crippen LogP contribution in [0.5, 0.6) is 5.75 Å². The third kappa shape index (κ3) is 4.98. The molecule has 0 aromatic heterocycles. The highest BCUT2D eigenvalue weighted by Crippen LogP contribution is 2.31. The number of rotatable bonds is 7. The van der Waals surface area contributed by atoms with Gasteiger partial charge in [-0.1, -0.05) is 6.42 Å². The maximum absolute atomic E-state index is 13.2. The molecular formula is C20H25N3O6S. The fraction of sp³-hybridized carbons (Fsp3) is 0.450. The van der Waals surface area contributed by atoms with Crippen molar-refractivity contribution in [3.8, 4) is 11.8 Å². The number of carbonyl (C=O) groups excluding carboxylic acids is 2. The Kier molecular flexibility index (Phi) is 7.59. The van der Waals surface area contributed by atoms with Gasteiger partial charge in [0.1, 0.15) is 22.3 Å². The summed E-state index contributed by atoms with van der Waals surface area (Å²) in [5.41, 5.74) is 5.13. The molecule has 162 valence electrons. The van der Waals surface area contributed by atoms with E-state index in [9.17, 15) is 18.0 Å². The Labute approximate surface area is 176 Å². The molecule has 1 aliphatic rings. The zero-order chi connectivity index (χ0) is 22.5. The SMILES string of the molecule is COc1ccc(C(=O)OCC(=O)C(C#N)=C(C)N)cc1S(=O)(=O)N1CCCCC1C. The van der Waals surface area contributed by atoms with E-state index in [1.54, 1.807) is 6.07 Å². The Bertz CT molecular complexity index is 1010. The van der Waals surface area contributed by atoms with Gasteiger partial charge in [-0.2, -0.15) is 9.57 Å². The van der Waals surface area contributed by atoms with Gasteiger partial charge in [0.15, 0.2) is 6.61 Å². The second-order valence-electron chi connectivity index (χ2n) is 7.00. The molecule has 0 bridgehead atoms. The van der Waals surface area contributed by atoms with Gasteiger partial charge in [0.25, 0.3) is 0 Å². The van der Waals surface area contributed by atoms with E-state index in [1.807, 2.05) is 6.92 Å². The number of hydrogen-bond acceptors (Lipinski definition) is 8. The molecular weight excluding hydrogens is 410 g/mol. The summed E-state index contributed by atoms with van der Waals surface area (Å²) in [6, 6.07) is 5.38. The number of benzene rings is 1. The predicted octanol–water partition coefficient (Wildman–Crippen LogP) is 1.74. The van der Waals surface area contributed by atoms with Crippen molar-refractivity contribution in [1.82, 2.24) is 4.31 Å². The van der Waals surface area contributed by atoms with E-state index in [4.69, 9.17) is 20.5 Å². The summed E-state index contributed by atoms with van der Waals surface area (Å²) in [7, 11) is -2.56. The van der Waals surface area contributed by atoms with Crippen molar-refractivity contribution in [2.45, 2.75) is 44.0 Å². The van der Waals surface area contributed by atoms with Gasteiger partial charge in [0.05, 0.1) is 12.7 Å². The molecule has 1 heterocycles. The second kappa shape index (κ2) is 9.73. The van der Waals surface area contributed by atoms with Crippen molar-refractivity contribution >= 4 is 21.8 Å². The highest BCUT2D eigenvalue weighted by Gasteiger charge is 2.33. The summed E-state index contributed by atoms with van der Waals surface area (Å²) in [6.07, 6.45) is 2.46. The number of nitriles is 1. The number of methoxy groups -OCH3 is 1. The quantitative estimate of drug-likeness (QED) is 0.388. The number of ketones is 1. The van der Waals surface area contributed by atoms with Crippen molar-refractivity contribution < 1.29 is 27.5 Å². The smallest absolute Gasteiger partial charge is 0.338 e. The lowest BCUT2D eigenvalue weighted by Crippen LogP contribution is -2.42. The van der Waals surface area contributed by atoms with Gasteiger partial charge in [-0.15, -0.1) is 0 Å². The molecule has 0 amide bonds. The molecule has 0 radical (unpaired) electrons. The number of piperidine rings is 1. The summed E-state index contributed by atoms with van der Waals surface area (Å²) in [5, 5.41) is 8.94. The van der Waals surface area contributed by atoms with Crippen LogP contribution in [0.15, 0.2) is 34.4 Å². The summed E-state index contributed by atoms with van der Waals surface area (Å²) < 4.78 is 38.0. The minimum Gasteiger partial charge on any atom is -0.495 e. The molecule has 1 aromatic rings. The summed E-state index contributed by atoms with van der Waals surface area (Å²) in [5.74, 6) is -1.54. The minimum atomic E-state index is -3.90. The summed E-state index contributed by atoms with van der Waals surface area (Å²) in [6.45, 7) is 2.93. The van der Waals surface area contributed by atoms with Crippen molar-refractivity contribution in [2.24, 2.45) is 5.73 Å². The predicted molar refractivity (Wildman–Crippen MR) is 108 cm³/mol. The molecule has 2 N–H and O–H groups in total. The Morgan fingerprint density at radius 1 is 1.33 bits per heavy atom. The minimum absolute atomic E-state index is 0.0204. The lowest BCUT2D eigenvalue weighted by atomic mass is 10.1. The first-order chi connectivity index (χ1) is 14.1. The number of allylic oxidation sites excluding steroid dienone is 1. The average molecular weight is 436 g/mol. The average Bonchev–Trinajstić information content (AvgIpc) is 2.71. The number of nitrogens with two attached hydrogens (primary N) is 1. The van der Waals surface area contributed by atoms with E-state index in [-0.39, 0.29) is 33.5 Å². The molecule has 1 unspecified atom stereocenters. The molecule has 0 saturated carbocycles. The van der Waals surface area contributed by atoms with Gasteiger partial charge in [-0.3, -0.25) is 4.79 Å². The van der Waals surface area contributed by atoms with Crippen LogP contribution in [-0.4, -0.2) is 50.8 Å². The zero-order valence-electron chi connectivity index (χ0n) is 17.2. The van der Waals surface area contributed by atoms with Crippen LogP contribution in [0.4, 0.5) is 0 Å². The highest BCUT2D eigenvalue weighted by atomic mass is 32.2. The van der Waals surface area contributed by atoms with Gasteiger partial charge in [-0.25, -0.2) is 13.2 Å².